The maximum atomic E-state index is 12.7. The third-order valence-corrected chi connectivity index (χ3v) is 7.09. The maximum Gasteiger partial charge on any atom is 0.238 e. The lowest BCUT2D eigenvalue weighted by Gasteiger charge is -2.27. The molecule has 2 aromatic rings. The molecule has 1 aliphatic carbocycles. The van der Waals surface area contributed by atoms with Crippen LogP contribution in [0.1, 0.15) is 61.9 Å². The Bertz CT molecular complexity index is 888. The molecule has 4 nitrogen and oxygen atoms in total. The summed E-state index contributed by atoms with van der Waals surface area (Å²) in [5.41, 5.74) is 4.10. The highest BCUT2D eigenvalue weighted by molar-refractivity contribution is 8.00. The zero-order valence-electron chi connectivity index (χ0n) is 17.1. The summed E-state index contributed by atoms with van der Waals surface area (Å²) in [6.45, 7) is 4.31. The van der Waals surface area contributed by atoms with Crippen LogP contribution in [0, 0.1) is 5.92 Å². The van der Waals surface area contributed by atoms with E-state index in [9.17, 15) is 9.59 Å². The lowest BCUT2D eigenvalue weighted by molar-refractivity contribution is -0.119. The van der Waals surface area contributed by atoms with Gasteiger partial charge in [-0.15, -0.1) is 11.8 Å². The Morgan fingerprint density at radius 2 is 1.76 bits per heavy atom. The predicted octanol–water partition coefficient (Wildman–Crippen LogP) is 5.72. The first kappa shape index (κ1) is 20.0. The first-order valence-electron chi connectivity index (χ1n) is 10.5. The van der Waals surface area contributed by atoms with E-state index in [1.807, 2.05) is 47.4 Å². The summed E-state index contributed by atoms with van der Waals surface area (Å²) in [6, 6.07) is 16.2. The first-order chi connectivity index (χ1) is 14.0. The monoisotopic (exact) mass is 408 g/mol. The van der Waals surface area contributed by atoms with Gasteiger partial charge in [-0.05, 0) is 48.1 Å². The number of carbonyl (C=O) groups is 2. The lowest BCUT2D eigenvalue weighted by atomic mass is 10.00. The number of amides is 2. The molecule has 4 rings (SSSR count). The van der Waals surface area contributed by atoms with E-state index in [1.54, 1.807) is 11.8 Å². The highest BCUT2D eigenvalue weighted by Gasteiger charge is 2.35. The molecular formula is C24H28N2O2S. The Morgan fingerprint density at radius 3 is 2.45 bits per heavy atom. The van der Waals surface area contributed by atoms with Gasteiger partial charge in [0.2, 0.25) is 11.8 Å². The van der Waals surface area contributed by atoms with Gasteiger partial charge in [-0.2, -0.15) is 0 Å². The Hall–Kier alpha value is -2.27. The first-order valence-corrected chi connectivity index (χ1v) is 11.5. The number of nitrogens with one attached hydrogen (secondary N) is 1. The van der Waals surface area contributed by atoms with Gasteiger partial charge in [0.25, 0.3) is 0 Å². The molecule has 0 aromatic heterocycles. The molecule has 1 saturated carbocycles. The molecule has 2 aromatic carbocycles. The van der Waals surface area contributed by atoms with Crippen molar-refractivity contribution < 1.29 is 9.59 Å². The fourth-order valence-electron chi connectivity index (χ4n) is 4.29. The van der Waals surface area contributed by atoms with Gasteiger partial charge in [0.05, 0.1) is 5.75 Å². The Labute approximate surface area is 177 Å². The van der Waals surface area contributed by atoms with Crippen LogP contribution in [0.3, 0.4) is 0 Å². The molecule has 0 radical (unpaired) electrons. The van der Waals surface area contributed by atoms with Crippen LogP contribution in [0.2, 0.25) is 0 Å². The van der Waals surface area contributed by atoms with Crippen LogP contribution < -0.4 is 10.2 Å². The molecule has 0 unspecified atom stereocenters. The van der Waals surface area contributed by atoms with Gasteiger partial charge < -0.3 is 5.32 Å². The third-order valence-electron chi connectivity index (χ3n) is 5.88. The van der Waals surface area contributed by atoms with Gasteiger partial charge in [-0.3, -0.25) is 14.5 Å². The molecule has 1 N–H and O–H groups in total. The van der Waals surface area contributed by atoms with E-state index in [-0.39, 0.29) is 23.1 Å². The van der Waals surface area contributed by atoms with E-state index in [2.05, 4.69) is 25.2 Å². The number of anilines is 2. The Balaban J connectivity index is 1.54. The van der Waals surface area contributed by atoms with Crippen LogP contribution in [-0.2, 0) is 9.59 Å². The standard InChI is InChI=1S/C24H28N2O2S/c1-16(2)20-9-5-6-10-21(20)26-22(27)15-29-24(26)18-11-13-19(14-12-18)25-23(28)17-7-3-4-8-17/h5-6,9-14,16-17,24H,3-4,7-8,15H2,1-2H3,(H,25,28)/t24-/m0/s1. The van der Waals surface area contributed by atoms with Crippen molar-refractivity contribution in [2.24, 2.45) is 5.92 Å². The molecule has 5 heteroatoms. The second-order valence-corrected chi connectivity index (χ2v) is 9.30. The number of thioether (sulfide) groups is 1. The van der Waals surface area contributed by atoms with Crippen LogP contribution in [0.25, 0.3) is 0 Å². The third kappa shape index (κ3) is 4.20. The van der Waals surface area contributed by atoms with E-state index in [0.29, 0.717) is 11.7 Å². The molecule has 0 spiro atoms. The number of rotatable bonds is 5. The van der Waals surface area contributed by atoms with Crippen molar-refractivity contribution in [1.29, 1.82) is 0 Å². The number of carbonyl (C=O) groups excluding carboxylic acids is 2. The van der Waals surface area contributed by atoms with E-state index in [0.717, 1.165) is 42.6 Å². The summed E-state index contributed by atoms with van der Waals surface area (Å²) < 4.78 is 0. The van der Waals surface area contributed by atoms with Crippen molar-refractivity contribution in [2.75, 3.05) is 16.0 Å². The molecule has 1 heterocycles. The number of hydrogen-bond donors (Lipinski definition) is 1. The van der Waals surface area contributed by atoms with E-state index >= 15 is 0 Å². The average Bonchev–Trinajstić information content (AvgIpc) is 3.38. The minimum absolute atomic E-state index is 0.0398. The number of hydrogen-bond acceptors (Lipinski definition) is 3. The quantitative estimate of drug-likeness (QED) is 0.689. The minimum atomic E-state index is -0.0398. The van der Waals surface area contributed by atoms with E-state index in [4.69, 9.17) is 0 Å². The van der Waals surface area contributed by atoms with Crippen molar-refractivity contribution in [2.45, 2.75) is 50.8 Å². The summed E-state index contributed by atoms with van der Waals surface area (Å²) in [4.78, 5) is 27.0. The lowest BCUT2D eigenvalue weighted by Crippen LogP contribution is -2.29. The van der Waals surface area contributed by atoms with Crippen molar-refractivity contribution >= 4 is 35.0 Å². The molecule has 0 bridgehead atoms. The van der Waals surface area contributed by atoms with Gasteiger partial charge >= 0.3 is 0 Å². The molecular weight excluding hydrogens is 380 g/mol. The molecule has 1 saturated heterocycles. The van der Waals surface area contributed by atoms with Crippen LogP contribution in [0.5, 0.6) is 0 Å². The van der Waals surface area contributed by atoms with Crippen LogP contribution >= 0.6 is 11.8 Å². The summed E-state index contributed by atoms with van der Waals surface area (Å²) in [7, 11) is 0. The SMILES string of the molecule is CC(C)c1ccccc1N1C(=O)CS[C@H]1c1ccc(NC(=O)C2CCCC2)cc1. The molecule has 2 aliphatic rings. The minimum Gasteiger partial charge on any atom is -0.326 e. The van der Waals surface area contributed by atoms with Gasteiger partial charge in [-0.1, -0.05) is 57.0 Å². The topological polar surface area (TPSA) is 49.4 Å². The summed E-state index contributed by atoms with van der Waals surface area (Å²) in [6.07, 6.45) is 4.29. The normalized spacial score (nSPS) is 19.9. The smallest absolute Gasteiger partial charge is 0.238 e. The second-order valence-electron chi connectivity index (χ2n) is 8.23. The van der Waals surface area contributed by atoms with Crippen LogP contribution in [0.4, 0.5) is 11.4 Å². The van der Waals surface area contributed by atoms with Gasteiger partial charge in [0.15, 0.2) is 0 Å². The summed E-state index contributed by atoms with van der Waals surface area (Å²) >= 11 is 1.66. The molecule has 1 atom stereocenters. The fraction of sp³-hybridized carbons (Fsp3) is 0.417. The number of benzene rings is 2. The molecule has 152 valence electrons. The zero-order valence-corrected chi connectivity index (χ0v) is 17.9. The van der Waals surface area contributed by atoms with Gasteiger partial charge in [-0.25, -0.2) is 0 Å². The van der Waals surface area contributed by atoms with E-state index in [1.165, 1.54) is 5.56 Å². The van der Waals surface area contributed by atoms with Gasteiger partial charge in [0.1, 0.15) is 5.37 Å². The summed E-state index contributed by atoms with van der Waals surface area (Å²) in [5.74, 6) is 1.26. The Morgan fingerprint density at radius 1 is 1.07 bits per heavy atom. The fourth-order valence-corrected chi connectivity index (χ4v) is 5.46. The van der Waals surface area contributed by atoms with Crippen molar-refractivity contribution in [3.05, 3.63) is 59.7 Å². The largest absolute Gasteiger partial charge is 0.326 e. The highest BCUT2D eigenvalue weighted by Crippen LogP contribution is 2.44. The van der Waals surface area contributed by atoms with E-state index < -0.39 is 0 Å². The maximum absolute atomic E-state index is 12.7. The highest BCUT2D eigenvalue weighted by atomic mass is 32.2. The van der Waals surface area contributed by atoms with Crippen molar-refractivity contribution in [3.63, 3.8) is 0 Å². The molecule has 2 amide bonds. The second kappa shape index (κ2) is 8.62. The zero-order chi connectivity index (χ0) is 20.4. The molecule has 1 aliphatic heterocycles. The molecule has 2 fully saturated rings. The van der Waals surface area contributed by atoms with Crippen molar-refractivity contribution in [1.82, 2.24) is 0 Å². The van der Waals surface area contributed by atoms with Crippen molar-refractivity contribution in [3.8, 4) is 0 Å². The summed E-state index contributed by atoms with van der Waals surface area (Å²) in [5, 5.41) is 3.01. The number of nitrogens with zero attached hydrogens (tertiary/aromatic N) is 1. The molecule has 29 heavy (non-hydrogen) atoms. The average molecular weight is 409 g/mol. The van der Waals surface area contributed by atoms with Gasteiger partial charge in [0, 0.05) is 17.3 Å². The Kier molecular flexibility index (Phi) is 5.95. The predicted molar refractivity (Wildman–Crippen MR) is 120 cm³/mol. The van der Waals surface area contributed by atoms with Crippen LogP contribution in [-0.4, -0.2) is 17.6 Å². The number of para-hydroxylation sites is 1. The van der Waals surface area contributed by atoms with Crippen LogP contribution in [0.15, 0.2) is 48.5 Å².